The van der Waals surface area contributed by atoms with Gasteiger partial charge in [0.1, 0.15) is 13.2 Å². The molecule has 0 saturated heterocycles. The first-order valence-corrected chi connectivity index (χ1v) is 11.3. The lowest BCUT2D eigenvalue weighted by atomic mass is 9.91. The number of rotatable bonds is 11. The highest BCUT2D eigenvalue weighted by atomic mass is 16.5. The number of aliphatic hydroxyl groups is 1. The molecule has 0 bridgehead atoms. The number of carboxylic acid groups (broad SMARTS) is 1. The maximum absolute atomic E-state index is 11.4. The van der Waals surface area contributed by atoms with Gasteiger partial charge in [-0.1, -0.05) is 20.8 Å². The zero-order valence-electron chi connectivity index (χ0n) is 22.3. The fourth-order valence-electron chi connectivity index (χ4n) is 1.29. The van der Waals surface area contributed by atoms with Gasteiger partial charge >= 0.3 is 17.9 Å². The third-order valence-electron chi connectivity index (χ3n) is 5.43. The van der Waals surface area contributed by atoms with Crippen molar-refractivity contribution in [2.24, 2.45) is 16.2 Å². The Morgan fingerprint density at radius 2 is 1.06 bits per heavy atom. The molecule has 0 rings (SSSR count). The SMILES string of the molecule is CCC(C)(C)C(=O)O.CCC(C)(C)C(=O)OCCN(C)C.CCC(C)(C)C(=O)OCCO. The number of esters is 2. The minimum Gasteiger partial charge on any atom is -0.481 e. The lowest BCUT2D eigenvalue weighted by molar-refractivity contribution is -0.155. The molecule has 0 aromatic carbocycles. The lowest BCUT2D eigenvalue weighted by Gasteiger charge is -2.20. The Labute approximate surface area is 195 Å². The summed E-state index contributed by atoms with van der Waals surface area (Å²) < 4.78 is 9.89. The van der Waals surface area contributed by atoms with Crippen LogP contribution in [0.25, 0.3) is 0 Å². The molecule has 0 aromatic rings. The molecule has 0 aromatic heterocycles. The molecule has 0 aliphatic rings. The van der Waals surface area contributed by atoms with Gasteiger partial charge in [0.15, 0.2) is 0 Å². The van der Waals surface area contributed by atoms with Gasteiger partial charge in [0.05, 0.1) is 22.9 Å². The van der Waals surface area contributed by atoms with Crippen molar-refractivity contribution in [1.29, 1.82) is 0 Å². The number of carbonyl (C=O) groups excluding carboxylic acids is 2. The number of hydrogen-bond acceptors (Lipinski definition) is 7. The highest BCUT2D eigenvalue weighted by molar-refractivity contribution is 5.76. The van der Waals surface area contributed by atoms with E-state index in [9.17, 15) is 14.4 Å². The number of hydrogen-bond donors (Lipinski definition) is 2. The van der Waals surface area contributed by atoms with Crippen LogP contribution in [0, 0.1) is 16.2 Å². The van der Waals surface area contributed by atoms with E-state index in [4.69, 9.17) is 19.7 Å². The van der Waals surface area contributed by atoms with Crippen molar-refractivity contribution < 1.29 is 34.1 Å². The number of carbonyl (C=O) groups is 3. The van der Waals surface area contributed by atoms with Gasteiger partial charge in [-0.15, -0.1) is 0 Å². The molecule has 192 valence electrons. The van der Waals surface area contributed by atoms with Crippen LogP contribution in [0.2, 0.25) is 0 Å². The number of aliphatic hydroxyl groups excluding tert-OH is 1. The van der Waals surface area contributed by atoms with Crippen molar-refractivity contribution in [2.45, 2.75) is 81.6 Å². The maximum Gasteiger partial charge on any atom is 0.311 e. The van der Waals surface area contributed by atoms with Crippen LogP contribution in [0.15, 0.2) is 0 Å². The van der Waals surface area contributed by atoms with E-state index >= 15 is 0 Å². The summed E-state index contributed by atoms with van der Waals surface area (Å²) in [6.45, 7) is 18.0. The summed E-state index contributed by atoms with van der Waals surface area (Å²) in [6.07, 6.45) is 2.24. The molecule has 0 radical (unpaired) electrons. The van der Waals surface area contributed by atoms with Crippen molar-refractivity contribution in [1.82, 2.24) is 4.90 Å². The van der Waals surface area contributed by atoms with Gasteiger partial charge in [0.25, 0.3) is 0 Å². The second kappa shape index (κ2) is 16.9. The molecule has 0 fully saturated rings. The topological polar surface area (TPSA) is 113 Å². The molecule has 0 unspecified atom stereocenters. The fraction of sp³-hybridized carbons (Fsp3) is 0.875. The third kappa shape index (κ3) is 17.0. The minimum atomic E-state index is -0.722. The van der Waals surface area contributed by atoms with Crippen LogP contribution in [-0.4, -0.2) is 73.5 Å². The number of ether oxygens (including phenoxy) is 2. The summed E-state index contributed by atoms with van der Waals surface area (Å²) in [5.41, 5.74) is -1.30. The maximum atomic E-state index is 11.4. The van der Waals surface area contributed by atoms with Crippen molar-refractivity contribution in [3.63, 3.8) is 0 Å². The normalized spacial score (nSPS) is 11.5. The Bertz CT molecular complexity index is 540. The molecule has 0 heterocycles. The number of aliphatic carboxylic acids is 1. The average molecular weight is 464 g/mol. The number of carboxylic acids is 1. The molecule has 32 heavy (non-hydrogen) atoms. The molecular weight excluding hydrogens is 414 g/mol. The summed E-state index contributed by atoms with van der Waals surface area (Å²) in [5, 5.41) is 16.8. The van der Waals surface area contributed by atoms with Gasteiger partial charge < -0.3 is 24.6 Å². The molecule has 8 heteroatoms. The van der Waals surface area contributed by atoms with Crippen molar-refractivity contribution >= 4 is 17.9 Å². The molecule has 0 aliphatic heterocycles. The monoisotopic (exact) mass is 463 g/mol. The largest absolute Gasteiger partial charge is 0.481 e. The van der Waals surface area contributed by atoms with E-state index in [-0.39, 0.29) is 30.6 Å². The average Bonchev–Trinajstić information content (AvgIpc) is 2.72. The Balaban J connectivity index is -0.000000406. The van der Waals surface area contributed by atoms with Crippen molar-refractivity contribution in [3.05, 3.63) is 0 Å². The van der Waals surface area contributed by atoms with Gasteiger partial charge in [0, 0.05) is 6.54 Å². The molecule has 8 nitrogen and oxygen atoms in total. The summed E-state index contributed by atoms with van der Waals surface area (Å²) in [4.78, 5) is 34.8. The van der Waals surface area contributed by atoms with Gasteiger partial charge in [0.2, 0.25) is 0 Å². The molecule has 0 aliphatic carbocycles. The van der Waals surface area contributed by atoms with E-state index in [0.717, 1.165) is 19.4 Å². The van der Waals surface area contributed by atoms with Crippen LogP contribution in [0.1, 0.15) is 81.6 Å². The van der Waals surface area contributed by atoms with E-state index < -0.39 is 16.8 Å². The Hall–Kier alpha value is -1.67. The van der Waals surface area contributed by atoms with E-state index in [2.05, 4.69) is 0 Å². The van der Waals surface area contributed by atoms with Crippen LogP contribution in [-0.2, 0) is 23.9 Å². The Morgan fingerprint density at radius 3 is 1.28 bits per heavy atom. The first kappa shape index (κ1) is 34.9. The van der Waals surface area contributed by atoms with Crippen LogP contribution in [0.4, 0.5) is 0 Å². The molecule has 0 spiro atoms. The summed E-state index contributed by atoms with van der Waals surface area (Å²) in [6, 6.07) is 0. The molecule has 2 N–H and O–H groups in total. The van der Waals surface area contributed by atoms with Gasteiger partial charge in [-0.3, -0.25) is 14.4 Å². The first-order chi connectivity index (χ1) is 14.4. The molecule has 0 amide bonds. The van der Waals surface area contributed by atoms with Crippen molar-refractivity contribution in [3.8, 4) is 0 Å². The van der Waals surface area contributed by atoms with E-state index in [1.54, 1.807) is 13.8 Å². The van der Waals surface area contributed by atoms with Gasteiger partial charge in [-0.25, -0.2) is 0 Å². The minimum absolute atomic E-state index is 0.0995. The highest BCUT2D eigenvalue weighted by Crippen LogP contribution is 2.22. The summed E-state index contributed by atoms with van der Waals surface area (Å²) >= 11 is 0. The van der Waals surface area contributed by atoms with Crippen LogP contribution in [0.3, 0.4) is 0 Å². The smallest absolute Gasteiger partial charge is 0.311 e. The first-order valence-electron chi connectivity index (χ1n) is 11.3. The van der Waals surface area contributed by atoms with E-state index in [0.29, 0.717) is 13.0 Å². The van der Waals surface area contributed by atoms with E-state index in [1.807, 2.05) is 67.5 Å². The number of nitrogens with zero attached hydrogens (tertiary/aromatic N) is 1. The molecular formula is C24H49NO7. The molecule has 0 atom stereocenters. The second-order valence-electron chi connectivity index (χ2n) is 9.82. The zero-order chi connectivity index (χ0) is 26.2. The third-order valence-corrected chi connectivity index (χ3v) is 5.43. The fourth-order valence-corrected chi connectivity index (χ4v) is 1.29. The van der Waals surface area contributed by atoms with E-state index in [1.165, 1.54) is 0 Å². The quantitative estimate of drug-likeness (QED) is 0.442. The van der Waals surface area contributed by atoms with Crippen molar-refractivity contribution in [2.75, 3.05) is 40.5 Å². The standard InChI is InChI=1S/C10H21NO2.C8H16O3.C6H12O2/c1-6-10(2,3)9(12)13-8-7-11(4)5;1-4-8(2,3)7(10)11-6-5-9;1-4-6(2,3)5(7)8/h6-8H2,1-5H3;9H,4-6H2,1-3H3;4H2,1-3H3,(H,7,8). The van der Waals surface area contributed by atoms with Crippen LogP contribution < -0.4 is 0 Å². The highest BCUT2D eigenvalue weighted by Gasteiger charge is 2.27. The summed E-state index contributed by atoms with van der Waals surface area (Å²) in [7, 11) is 3.91. The molecule has 0 saturated carbocycles. The van der Waals surface area contributed by atoms with Gasteiger partial charge in [-0.2, -0.15) is 0 Å². The zero-order valence-corrected chi connectivity index (χ0v) is 22.3. The lowest BCUT2D eigenvalue weighted by Crippen LogP contribution is -2.28. The van der Waals surface area contributed by atoms with Crippen LogP contribution in [0.5, 0.6) is 0 Å². The van der Waals surface area contributed by atoms with Crippen LogP contribution >= 0.6 is 0 Å². The summed E-state index contributed by atoms with van der Waals surface area (Å²) in [5.74, 6) is -1.06. The Kier molecular flexibility index (Phi) is 18.4. The predicted molar refractivity (Wildman–Crippen MR) is 127 cm³/mol. The number of likely N-dealkylation sites (N-methyl/N-ethyl adjacent to an activating group) is 1. The predicted octanol–water partition coefficient (Wildman–Crippen LogP) is 3.99. The Morgan fingerprint density at radius 1 is 0.719 bits per heavy atom. The van der Waals surface area contributed by atoms with Gasteiger partial charge in [-0.05, 0) is 74.9 Å². The second-order valence-corrected chi connectivity index (χ2v) is 9.82.